The third-order valence-electron chi connectivity index (χ3n) is 6.38. The van der Waals surface area contributed by atoms with Gasteiger partial charge in [-0.2, -0.15) is 0 Å². The highest BCUT2D eigenvalue weighted by molar-refractivity contribution is 7.95. The van der Waals surface area contributed by atoms with Crippen LogP contribution in [-0.4, -0.2) is 19.5 Å². The zero-order valence-electron chi connectivity index (χ0n) is 19.8. The first-order valence-electron chi connectivity index (χ1n) is 11.4. The van der Waals surface area contributed by atoms with Crippen LogP contribution in [0.3, 0.4) is 0 Å². The van der Waals surface area contributed by atoms with E-state index in [0.29, 0.717) is 16.9 Å². The van der Waals surface area contributed by atoms with Crippen LogP contribution >= 0.6 is 0 Å². The highest BCUT2D eigenvalue weighted by atomic mass is 32.2. The Kier molecular flexibility index (Phi) is 6.08. The molecule has 37 heavy (non-hydrogen) atoms. The Morgan fingerprint density at radius 1 is 0.973 bits per heavy atom. The molecule has 1 aliphatic rings. The van der Waals surface area contributed by atoms with Crippen molar-refractivity contribution in [3.05, 3.63) is 119 Å². The van der Waals surface area contributed by atoms with E-state index in [9.17, 15) is 12.8 Å². The number of nitrogens with two attached hydrogens (primary N) is 1. The Labute approximate surface area is 213 Å². The first kappa shape index (κ1) is 24.3. The summed E-state index contributed by atoms with van der Waals surface area (Å²) < 4.78 is 52.9. The van der Waals surface area contributed by atoms with Gasteiger partial charge in [0.2, 0.25) is 9.84 Å². The summed E-state index contributed by atoms with van der Waals surface area (Å²) in [5.74, 6) is 0.297. The van der Waals surface area contributed by atoms with Crippen molar-refractivity contribution in [2.45, 2.75) is 23.8 Å². The van der Waals surface area contributed by atoms with E-state index in [0.717, 1.165) is 23.3 Å². The molecule has 0 radical (unpaired) electrons. The van der Waals surface area contributed by atoms with E-state index >= 15 is 0 Å². The van der Waals surface area contributed by atoms with E-state index < -0.39 is 21.3 Å². The molecule has 0 amide bonds. The molecular weight excluding hydrogens is 495 g/mol. The van der Waals surface area contributed by atoms with Gasteiger partial charge in [-0.3, -0.25) is 0 Å². The van der Waals surface area contributed by atoms with Crippen LogP contribution in [0.5, 0.6) is 0 Å². The zero-order chi connectivity index (χ0) is 26.2. The fourth-order valence-electron chi connectivity index (χ4n) is 4.34. The molecule has 9 heteroatoms. The van der Waals surface area contributed by atoms with Gasteiger partial charge in [0.1, 0.15) is 22.9 Å². The minimum Gasteiger partial charge on any atom is -0.481 e. The third kappa shape index (κ3) is 4.49. The number of sulfone groups is 1. The first-order chi connectivity index (χ1) is 17.7. The van der Waals surface area contributed by atoms with Crippen LogP contribution in [0.4, 0.5) is 4.39 Å². The second-order valence-corrected chi connectivity index (χ2v) is 10.8. The SMILES string of the molecule is CC1(c2ccc(-c3ccco3)cc2)CC(S(=O)(=O)c2ccc(F)cc2)=C(c2ccc(/C(N)=N\O)cc2)O1. The zero-order valence-corrected chi connectivity index (χ0v) is 20.6. The molecule has 0 saturated heterocycles. The van der Waals surface area contributed by atoms with Crippen molar-refractivity contribution in [3.63, 3.8) is 0 Å². The van der Waals surface area contributed by atoms with Gasteiger partial charge in [-0.1, -0.05) is 53.7 Å². The lowest BCUT2D eigenvalue weighted by Crippen LogP contribution is -2.21. The third-order valence-corrected chi connectivity index (χ3v) is 8.25. The van der Waals surface area contributed by atoms with Crippen molar-refractivity contribution in [1.29, 1.82) is 0 Å². The van der Waals surface area contributed by atoms with Crippen molar-refractivity contribution in [1.82, 2.24) is 0 Å². The van der Waals surface area contributed by atoms with Gasteiger partial charge in [0, 0.05) is 23.1 Å². The van der Waals surface area contributed by atoms with Gasteiger partial charge in [0.15, 0.2) is 5.84 Å². The minimum absolute atomic E-state index is 0.0318. The fraction of sp³-hybridized carbons (Fsp3) is 0.107. The standard InChI is InChI=1S/C28H23FN2O5S/c1-28(21-10-8-18(9-11-21)24-3-2-16-35-24)17-25(37(33,34)23-14-12-22(29)13-15-23)26(36-28)19-4-6-20(7-5-19)27(30)31-32/h2-16,32H,17H2,1H3,(H2,30,31). The summed E-state index contributed by atoms with van der Waals surface area (Å²) in [6, 6.07) is 22.4. The second kappa shape index (κ2) is 9.25. The molecule has 0 fully saturated rings. The van der Waals surface area contributed by atoms with Crippen molar-refractivity contribution in [2.24, 2.45) is 10.9 Å². The van der Waals surface area contributed by atoms with E-state index in [1.807, 2.05) is 37.3 Å². The van der Waals surface area contributed by atoms with Crippen molar-refractivity contribution >= 4 is 21.4 Å². The molecular formula is C28H23FN2O5S. The summed E-state index contributed by atoms with van der Waals surface area (Å²) in [5, 5.41) is 11.9. The van der Waals surface area contributed by atoms with Crippen LogP contribution in [-0.2, 0) is 20.2 Å². The molecule has 0 bridgehead atoms. The lowest BCUT2D eigenvalue weighted by atomic mass is 9.92. The van der Waals surface area contributed by atoms with Crippen LogP contribution in [0.2, 0.25) is 0 Å². The maximum atomic E-state index is 13.7. The van der Waals surface area contributed by atoms with Crippen LogP contribution in [0.1, 0.15) is 30.0 Å². The maximum Gasteiger partial charge on any atom is 0.206 e. The summed E-state index contributed by atoms with van der Waals surface area (Å²) in [5.41, 5.74) is 7.30. The van der Waals surface area contributed by atoms with Crippen molar-refractivity contribution < 1.29 is 27.2 Å². The summed E-state index contributed by atoms with van der Waals surface area (Å²) in [6.07, 6.45) is 1.66. The average molecular weight is 519 g/mol. The van der Waals surface area contributed by atoms with Crippen molar-refractivity contribution in [2.75, 3.05) is 0 Å². The molecule has 3 N–H and O–H groups in total. The molecule has 2 heterocycles. The molecule has 0 aliphatic carbocycles. The number of halogens is 1. The predicted octanol–water partition coefficient (Wildman–Crippen LogP) is 5.66. The molecule has 1 unspecified atom stereocenters. The van der Waals surface area contributed by atoms with Crippen LogP contribution < -0.4 is 5.73 Å². The smallest absolute Gasteiger partial charge is 0.206 e. The van der Waals surface area contributed by atoms with Crippen LogP contribution in [0.15, 0.2) is 111 Å². The lowest BCUT2D eigenvalue weighted by Gasteiger charge is -2.26. The molecule has 0 spiro atoms. The number of benzene rings is 3. The molecule has 188 valence electrons. The Hall–Kier alpha value is -4.37. The predicted molar refractivity (Wildman–Crippen MR) is 137 cm³/mol. The number of ether oxygens (including phenoxy) is 1. The quantitative estimate of drug-likeness (QED) is 0.112. The minimum atomic E-state index is -4.02. The van der Waals surface area contributed by atoms with E-state index in [-0.39, 0.29) is 27.8 Å². The molecule has 1 aromatic heterocycles. The van der Waals surface area contributed by atoms with Crippen molar-refractivity contribution in [3.8, 4) is 11.3 Å². The van der Waals surface area contributed by atoms with Gasteiger partial charge in [0.25, 0.3) is 0 Å². The number of oxime groups is 1. The Bertz CT molecular complexity index is 1590. The number of furan rings is 1. The number of rotatable bonds is 6. The monoisotopic (exact) mass is 518 g/mol. The van der Waals surface area contributed by atoms with Gasteiger partial charge < -0.3 is 20.1 Å². The van der Waals surface area contributed by atoms with Crippen LogP contribution in [0.25, 0.3) is 17.1 Å². The summed E-state index contributed by atoms with van der Waals surface area (Å²) in [6.45, 7) is 1.83. The second-order valence-electron chi connectivity index (χ2n) is 8.84. The van der Waals surface area contributed by atoms with Gasteiger partial charge in [-0.25, -0.2) is 12.8 Å². The van der Waals surface area contributed by atoms with Gasteiger partial charge >= 0.3 is 0 Å². The number of hydrogen-bond donors (Lipinski definition) is 2. The van der Waals surface area contributed by atoms with E-state index in [2.05, 4.69) is 5.16 Å². The molecule has 7 nitrogen and oxygen atoms in total. The number of hydrogen-bond acceptors (Lipinski definition) is 6. The van der Waals surface area contributed by atoms with Gasteiger partial charge in [-0.15, -0.1) is 0 Å². The van der Waals surface area contributed by atoms with E-state index in [1.54, 1.807) is 36.6 Å². The van der Waals surface area contributed by atoms with E-state index in [1.165, 1.54) is 12.1 Å². The molecule has 4 aromatic rings. The molecule has 3 aromatic carbocycles. The van der Waals surface area contributed by atoms with Crippen LogP contribution in [0, 0.1) is 5.82 Å². The topological polar surface area (TPSA) is 115 Å². The summed E-state index contributed by atoms with van der Waals surface area (Å²) >= 11 is 0. The Balaban J connectivity index is 1.58. The summed E-state index contributed by atoms with van der Waals surface area (Å²) in [4.78, 5) is 0.0453. The average Bonchev–Trinajstić information content (AvgIpc) is 3.58. The highest BCUT2D eigenvalue weighted by Crippen LogP contribution is 2.48. The lowest BCUT2D eigenvalue weighted by molar-refractivity contribution is 0.0777. The van der Waals surface area contributed by atoms with Gasteiger partial charge in [-0.05, 0) is 48.9 Å². The highest BCUT2D eigenvalue weighted by Gasteiger charge is 2.44. The molecule has 5 rings (SSSR count). The Morgan fingerprint density at radius 3 is 2.22 bits per heavy atom. The number of amidine groups is 1. The Morgan fingerprint density at radius 2 is 1.62 bits per heavy atom. The first-order valence-corrected chi connectivity index (χ1v) is 12.9. The molecule has 1 aliphatic heterocycles. The molecule has 1 atom stereocenters. The van der Waals surface area contributed by atoms with E-state index in [4.69, 9.17) is 20.1 Å². The van der Waals surface area contributed by atoms with Gasteiger partial charge in [0.05, 0.1) is 16.1 Å². The molecule has 0 saturated carbocycles. The normalized spacial score (nSPS) is 18.2. The maximum absolute atomic E-state index is 13.7. The number of nitrogens with zero attached hydrogens (tertiary/aromatic N) is 1. The fourth-order valence-corrected chi connectivity index (χ4v) is 5.99. The largest absolute Gasteiger partial charge is 0.481 e. The summed E-state index contributed by atoms with van der Waals surface area (Å²) in [7, 11) is -4.02.